The number of nitrogens with zero attached hydrogens (tertiary/aromatic N) is 1. The van der Waals surface area contributed by atoms with Gasteiger partial charge in [-0.2, -0.15) is 0 Å². The molecule has 1 aromatic heterocycles. The van der Waals surface area contributed by atoms with E-state index in [-0.39, 0.29) is 24.7 Å². The summed E-state index contributed by atoms with van der Waals surface area (Å²) >= 11 is 0. The molecule has 0 aliphatic heterocycles. The normalized spacial score (nSPS) is 20.6. The third-order valence-electron chi connectivity index (χ3n) is 10.3. The highest BCUT2D eigenvalue weighted by molar-refractivity contribution is 5.94. The van der Waals surface area contributed by atoms with Gasteiger partial charge < -0.3 is 30.2 Å². The first-order valence-electron chi connectivity index (χ1n) is 18.8. The van der Waals surface area contributed by atoms with Gasteiger partial charge in [0.1, 0.15) is 35.3 Å². The molecule has 0 radical (unpaired) electrons. The van der Waals surface area contributed by atoms with E-state index in [2.05, 4.69) is 16.0 Å². The van der Waals surface area contributed by atoms with Gasteiger partial charge in [-0.1, -0.05) is 70.4 Å². The number of carbonyl (C=O) groups excluding carboxylic acids is 4. The number of hydrogen-bond acceptors (Lipinski definition) is 8. The van der Waals surface area contributed by atoms with E-state index in [1.54, 1.807) is 34.9 Å². The summed E-state index contributed by atoms with van der Waals surface area (Å²) in [4.78, 5) is 60.0. The van der Waals surface area contributed by atoms with Gasteiger partial charge in [0.2, 0.25) is 17.7 Å². The van der Waals surface area contributed by atoms with Crippen molar-refractivity contribution in [2.24, 2.45) is 23.2 Å². The third-order valence-corrected chi connectivity index (χ3v) is 10.3. The molecule has 5 atom stereocenters. The minimum atomic E-state index is -0.974. The Balaban J connectivity index is 1.43. The molecule has 286 valence electrons. The summed E-state index contributed by atoms with van der Waals surface area (Å²) in [6.45, 7) is 11.0. The predicted molar refractivity (Wildman–Crippen MR) is 204 cm³/mol. The summed E-state index contributed by atoms with van der Waals surface area (Å²) in [6, 6.07) is 15.6. The van der Waals surface area contributed by atoms with Crippen molar-refractivity contribution >= 4 is 34.6 Å². The van der Waals surface area contributed by atoms with Gasteiger partial charge in [-0.05, 0) is 69.9 Å². The van der Waals surface area contributed by atoms with Crippen molar-refractivity contribution in [3.63, 3.8) is 0 Å². The summed E-state index contributed by atoms with van der Waals surface area (Å²) in [5.41, 5.74) is 0.814. The van der Waals surface area contributed by atoms with Crippen LogP contribution >= 0.6 is 0 Å². The summed E-state index contributed by atoms with van der Waals surface area (Å²) in [7, 11) is 3.17. The van der Waals surface area contributed by atoms with E-state index in [1.807, 2.05) is 75.4 Å². The molecular formula is C42H56N4O7. The Morgan fingerprint density at radius 2 is 1.51 bits per heavy atom. The van der Waals surface area contributed by atoms with Crippen LogP contribution < -0.4 is 25.4 Å². The zero-order valence-electron chi connectivity index (χ0n) is 32.4. The number of rotatable bonds is 11. The van der Waals surface area contributed by atoms with Crippen LogP contribution in [-0.2, 0) is 23.9 Å². The van der Waals surface area contributed by atoms with Crippen molar-refractivity contribution in [3.05, 3.63) is 54.6 Å². The first-order valence-corrected chi connectivity index (χ1v) is 18.8. The van der Waals surface area contributed by atoms with E-state index in [1.165, 1.54) is 0 Å². The Labute approximate surface area is 313 Å². The summed E-state index contributed by atoms with van der Waals surface area (Å²) < 4.78 is 18.0. The molecule has 2 aliphatic carbocycles. The van der Waals surface area contributed by atoms with E-state index < -0.39 is 58.8 Å². The Hall–Kier alpha value is -4.67. The molecule has 3 N–H and O–H groups in total. The minimum absolute atomic E-state index is 0.0148. The maximum atomic E-state index is 14.3. The lowest BCUT2D eigenvalue weighted by atomic mass is 9.82. The number of ether oxygens (including phenoxy) is 3. The largest absolute Gasteiger partial charge is 0.497 e. The second kappa shape index (κ2) is 16.6. The first kappa shape index (κ1) is 39.5. The van der Waals surface area contributed by atoms with Crippen molar-refractivity contribution < 1.29 is 33.4 Å². The highest BCUT2D eigenvalue weighted by atomic mass is 16.6. The lowest BCUT2D eigenvalue weighted by Crippen LogP contribution is -2.60. The Morgan fingerprint density at radius 3 is 2.13 bits per heavy atom. The van der Waals surface area contributed by atoms with Gasteiger partial charge in [0, 0.05) is 30.1 Å². The molecule has 3 aromatic rings. The highest BCUT2D eigenvalue weighted by Crippen LogP contribution is 2.40. The second-order valence-corrected chi connectivity index (χ2v) is 16.5. The molecule has 0 spiro atoms. The van der Waals surface area contributed by atoms with Gasteiger partial charge in [-0.25, -0.2) is 4.98 Å². The molecule has 5 rings (SSSR count). The molecule has 2 fully saturated rings. The molecule has 1 heterocycles. The van der Waals surface area contributed by atoms with Gasteiger partial charge in [-0.15, -0.1) is 0 Å². The molecule has 0 unspecified atom stereocenters. The fourth-order valence-corrected chi connectivity index (χ4v) is 7.53. The van der Waals surface area contributed by atoms with Gasteiger partial charge in [0.15, 0.2) is 0 Å². The summed E-state index contributed by atoms with van der Waals surface area (Å²) in [5, 5.41) is 9.46. The standard InChI is InChI=1S/C42H56N4O7/c1-41(2,3)36(39(49)45-35(38(48)43-7)26-17-13-10-14-18-26)46-37(47)30-21-28(22-31(30)40(50)53-42(4,5)6)52-34-24-32(25-15-11-9-12-16-25)44-33-23-27(51-8)19-20-29(33)34/h9,11-12,15-16,19-20,23-24,26,28,30-31,35-36H,10,13-14,17-18,21-22H2,1-8H3,(H,43,48)(H,45,49)(H,46,47)/t28-,30+,31+,35-,36+/m0/s1. The number of pyridine rings is 1. The van der Waals surface area contributed by atoms with Gasteiger partial charge in [-0.3, -0.25) is 19.2 Å². The van der Waals surface area contributed by atoms with Crippen molar-refractivity contribution in [1.82, 2.24) is 20.9 Å². The molecule has 2 aromatic carbocycles. The molecular weight excluding hydrogens is 672 g/mol. The van der Waals surface area contributed by atoms with Crippen molar-refractivity contribution in [2.45, 2.75) is 110 Å². The maximum absolute atomic E-state index is 14.3. The number of benzene rings is 2. The Bertz CT molecular complexity index is 1780. The highest BCUT2D eigenvalue weighted by Gasteiger charge is 2.47. The number of aromatic nitrogens is 1. The molecule has 53 heavy (non-hydrogen) atoms. The van der Waals surface area contributed by atoms with E-state index in [4.69, 9.17) is 19.2 Å². The molecule has 3 amide bonds. The summed E-state index contributed by atoms with van der Waals surface area (Å²) in [5.74, 6) is -2.02. The number of likely N-dealkylation sites (N-methyl/N-ethyl adjacent to an activating group) is 1. The van der Waals surface area contributed by atoms with Gasteiger partial charge in [0.05, 0.1) is 30.2 Å². The van der Waals surface area contributed by atoms with Gasteiger partial charge in [0.25, 0.3) is 0 Å². The van der Waals surface area contributed by atoms with Crippen LogP contribution in [0.4, 0.5) is 0 Å². The minimum Gasteiger partial charge on any atom is -0.497 e. The van der Waals surface area contributed by atoms with Crippen LogP contribution in [0.2, 0.25) is 0 Å². The lowest BCUT2D eigenvalue weighted by Gasteiger charge is -2.35. The monoisotopic (exact) mass is 728 g/mol. The van der Waals surface area contributed by atoms with Crippen LogP contribution in [0.1, 0.15) is 86.5 Å². The Morgan fingerprint density at radius 1 is 0.830 bits per heavy atom. The van der Waals surface area contributed by atoms with Crippen molar-refractivity contribution in [3.8, 4) is 22.8 Å². The number of amides is 3. The molecule has 0 saturated heterocycles. The summed E-state index contributed by atoms with van der Waals surface area (Å²) in [6.07, 6.45) is 4.74. The number of esters is 1. The molecule has 0 bridgehead atoms. The van der Waals surface area contributed by atoms with E-state index in [0.29, 0.717) is 22.7 Å². The molecule has 11 nitrogen and oxygen atoms in total. The number of fused-ring (bicyclic) bond motifs is 1. The number of nitrogens with one attached hydrogen (secondary N) is 3. The molecule has 2 aliphatic rings. The second-order valence-electron chi connectivity index (χ2n) is 16.5. The Kier molecular flexibility index (Phi) is 12.4. The lowest BCUT2D eigenvalue weighted by molar-refractivity contribution is -0.163. The van der Waals surface area contributed by atoms with Crippen LogP contribution in [0.15, 0.2) is 54.6 Å². The SMILES string of the molecule is CNC(=O)[C@@H](NC(=O)[C@@H](NC(=O)[C@@H]1C[C@H](Oc2cc(-c3ccccc3)nc3cc(OC)ccc23)C[C@H]1C(=O)OC(C)(C)C)C(C)(C)C)C1CCCCC1. The van der Waals surface area contributed by atoms with Gasteiger partial charge >= 0.3 is 5.97 Å². The zero-order chi connectivity index (χ0) is 38.5. The predicted octanol–water partition coefficient (Wildman–Crippen LogP) is 6.37. The quantitative estimate of drug-likeness (QED) is 0.193. The van der Waals surface area contributed by atoms with Crippen LogP contribution in [0, 0.1) is 23.2 Å². The number of hydrogen-bond donors (Lipinski definition) is 3. The van der Waals surface area contributed by atoms with Crippen LogP contribution in [0.5, 0.6) is 11.5 Å². The maximum Gasteiger partial charge on any atom is 0.310 e. The smallest absolute Gasteiger partial charge is 0.310 e. The average Bonchev–Trinajstić information content (AvgIpc) is 3.55. The fraction of sp³-hybridized carbons (Fsp3) is 0.548. The van der Waals surface area contributed by atoms with E-state index in [0.717, 1.165) is 43.1 Å². The topological polar surface area (TPSA) is 145 Å². The van der Waals surface area contributed by atoms with Crippen LogP contribution in [0.3, 0.4) is 0 Å². The van der Waals surface area contributed by atoms with Crippen LogP contribution in [-0.4, -0.2) is 66.6 Å². The van der Waals surface area contributed by atoms with Crippen molar-refractivity contribution in [2.75, 3.05) is 14.2 Å². The average molecular weight is 729 g/mol. The zero-order valence-corrected chi connectivity index (χ0v) is 32.4. The molecule has 11 heteroatoms. The van der Waals surface area contributed by atoms with E-state index in [9.17, 15) is 19.2 Å². The van der Waals surface area contributed by atoms with Crippen LogP contribution in [0.25, 0.3) is 22.2 Å². The van der Waals surface area contributed by atoms with E-state index >= 15 is 0 Å². The number of methoxy groups -OCH3 is 1. The third kappa shape index (κ3) is 9.86. The first-order chi connectivity index (χ1) is 25.1. The van der Waals surface area contributed by atoms with Crippen molar-refractivity contribution in [1.29, 1.82) is 0 Å². The number of carbonyl (C=O) groups is 4. The fourth-order valence-electron chi connectivity index (χ4n) is 7.53. The molecule has 2 saturated carbocycles.